The highest BCUT2D eigenvalue weighted by atomic mass is 32.2. The highest BCUT2D eigenvalue weighted by Gasteiger charge is 2.37. The summed E-state index contributed by atoms with van der Waals surface area (Å²) in [6, 6.07) is 5.45. The molecule has 2 aliphatic heterocycles. The Kier molecular flexibility index (Phi) is 5.84. The van der Waals surface area contributed by atoms with Crippen molar-refractivity contribution in [3.8, 4) is 5.75 Å². The van der Waals surface area contributed by atoms with Gasteiger partial charge in [-0.05, 0) is 59.3 Å². The molecule has 2 aromatic carbocycles. The fraction of sp³-hybridized carbons (Fsp3) is 0.190. The predicted octanol–water partition coefficient (Wildman–Crippen LogP) is 4.97. The van der Waals surface area contributed by atoms with Crippen LogP contribution in [0.5, 0.6) is 5.75 Å². The molecular formula is C21H12F6N2O4S. The lowest BCUT2D eigenvalue weighted by Crippen LogP contribution is -2.38. The summed E-state index contributed by atoms with van der Waals surface area (Å²) < 4.78 is 84.5. The predicted molar refractivity (Wildman–Crippen MR) is 109 cm³/mol. The van der Waals surface area contributed by atoms with Gasteiger partial charge in [-0.15, -0.1) is 0 Å². The second kappa shape index (κ2) is 8.38. The van der Waals surface area contributed by atoms with Gasteiger partial charge in [0, 0.05) is 0 Å². The number of halogens is 6. The second-order valence-corrected chi connectivity index (χ2v) is 8.28. The van der Waals surface area contributed by atoms with Crippen molar-refractivity contribution in [3.63, 3.8) is 0 Å². The van der Waals surface area contributed by atoms with Crippen LogP contribution in [-0.4, -0.2) is 23.7 Å². The van der Waals surface area contributed by atoms with Crippen LogP contribution in [0.25, 0.3) is 6.08 Å². The van der Waals surface area contributed by atoms with E-state index in [1.165, 1.54) is 24.3 Å². The minimum absolute atomic E-state index is 0.00841. The van der Waals surface area contributed by atoms with Crippen molar-refractivity contribution in [2.75, 3.05) is 11.5 Å². The summed E-state index contributed by atoms with van der Waals surface area (Å²) in [6.07, 6.45) is -8.70. The number of alkyl halides is 6. The third-order valence-electron chi connectivity index (χ3n) is 4.85. The van der Waals surface area contributed by atoms with Gasteiger partial charge in [0.25, 0.3) is 17.1 Å². The van der Waals surface area contributed by atoms with Crippen LogP contribution in [0.15, 0.2) is 41.3 Å². The van der Waals surface area contributed by atoms with Crippen molar-refractivity contribution in [3.05, 3.63) is 63.6 Å². The maximum atomic E-state index is 13.2. The van der Waals surface area contributed by atoms with Crippen molar-refractivity contribution < 1.29 is 45.5 Å². The van der Waals surface area contributed by atoms with Crippen LogP contribution < -0.4 is 15.0 Å². The lowest BCUT2D eigenvalue weighted by Gasteiger charge is -2.30. The molecule has 1 fully saturated rings. The Morgan fingerprint density at radius 2 is 1.62 bits per heavy atom. The molecule has 178 valence electrons. The molecule has 0 unspecified atom stereocenters. The summed E-state index contributed by atoms with van der Waals surface area (Å²) in [6.45, 7) is -1.05. The van der Waals surface area contributed by atoms with Crippen LogP contribution in [0.4, 0.5) is 36.8 Å². The summed E-state index contributed by atoms with van der Waals surface area (Å²) in [4.78, 5) is 36.7. The first-order valence-corrected chi connectivity index (χ1v) is 10.2. The molecule has 2 aliphatic rings. The fourth-order valence-corrected chi connectivity index (χ4v) is 4.03. The summed E-state index contributed by atoms with van der Waals surface area (Å²) in [5.41, 5.74) is -2.93. The van der Waals surface area contributed by atoms with Crippen LogP contribution in [0.3, 0.4) is 0 Å². The monoisotopic (exact) mass is 502 g/mol. The normalized spacial score (nSPS) is 17.6. The molecule has 4 rings (SSSR count). The van der Waals surface area contributed by atoms with E-state index < -0.39 is 53.7 Å². The van der Waals surface area contributed by atoms with Gasteiger partial charge in [-0.2, -0.15) is 26.3 Å². The molecule has 0 radical (unpaired) electrons. The van der Waals surface area contributed by atoms with E-state index in [4.69, 9.17) is 4.74 Å². The van der Waals surface area contributed by atoms with Gasteiger partial charge in [0.1, 0.15) is 5.75 Å². The Morgan fingerprint density at radius 3 is 2.18 bits per heavy atom. The number of amides is 3. The molecule has 0 aromatic heterocycles. The number of hydrogen-bond acceptors (Lipinski definition) is 5. The van der Waals surface area contributed by atoms with Crippen molar-refractivity contribution in [2.24, 2.45) is 0 Å². The number of ether oxygens (including phenoxy) is 1. The number of hydrogen-bond donors (Lipinski definition) is 1. The Balaban J connectivity index is 1.73. The molecule has 1 N–H and O–H groups in total. The van der Waals surface area contributed by atoms with Gasteiger partial charge < -0.3 is 9.64 Å². The molecule has 0 saturated carbocycles. The smallest absolute Gasteiger partial charge is 0.416 e. The van der Waals surface area contributed by atoms with Crippen LogP contribution in [0, 0.1) is 0 Å². The van der Waals surface area contributed by atoms with Gasteiger partial charge in [0.15, 0.2) is 6.61 Å². The molecule has 13 heteroatoms. The molecule has 0 atom stereocenters. The Bertz CT molecular complexity index is 1210. The minimum atomic E-state index is -5.03. The molecule has 2 aromatic rings. The third-order valence-corrected chi connectivity index (χ3v) is 5.66. The van der Waals surface area contributed by atoms with E-state index in [9.17, 15) is 40.7 Å². The fourth-order valence-electron chi connectivity index (χ4n) is 3.35. The van der Waals surface area contributed by atoms with Crippen LogP contribution in [-0.2, 0) is 28.5 Å². The molecule has 0 spiro atoms. The zero-order valence-corrected chi connectivity index (χ0v) is 17.5. The van der Waals surface area contributed by atoms with Crippen molar-refractivity contribution in [1.29, 1.82) is 0 Å². The maximum Gasteiger partial charge on any atom is 0.416 e. The third kappa shape index (κ3) is 4.88. The molecular weight excluding hydrogens is 490 g/mol. The van der Waals surface area contributed by atoms with E-state index in [2.05, 4.69) is 5.32 Å². The zero-order valence-electron chi connectivity index (χ0n) is 16.7. The number of fused-ring (bicyclic) bond motifs is 1. The van der Waals surface area contributed by atoms with Crippen molar-refractivity contribution >= 4 is 40.6 Å². The van der Waals surface area contributed by atoms with Gasteiger partial charge in [-0.1, -0.05) is 6.07 Å². The number of thioether (sulfide) groups is 1. The summed E-state index contributed by atoms with van der Waals surface area (Å²) in [7, 11) is 0. The zero-order chi connectivity index (χ0) is 24.8. The summed E-state index contributed by atoms with van der Waals surface area (Å²) in [5, 5.41) is 1.51. The number of benzene rings is 2. The standard InChI is InChI=1S/C21H12F6N2O4S/c22-20(23,24)12-3-11(4-13(7-12)21(25,26)27)8-29-14-5-10(1-2-15(14)33-9-17(29)30)6-16-18(31)28-19(32)34-16/h1-7H,8-9H2,(H,28,31,32)/b16-6-. The van der Waals surface area contributed by atoms with Crippen LogP contribution >= 0.6 is 11.8 Å². The van der Waals surface area contributed by atoms with Crippen LogP contribution in [0.2, 0.25) is 0 Å². The van der Waals surface area contributed by atoms with Crippen molar-refractivity contribution in [2.45, 2.75) is 18.9 Å². The topological polar surface area (TPSA) is 75.7 Å². The molecule has 0 aliphatic carbocycles. The van der Waals surface area contributed by atoms with E-state index >= 15 is 0 Å². The number of anilines is 1. The first kappa shape index (κ1) is 23.7. The number of nitrogens with zero attached hydrogens (tertiary/aromatic N) is 1. The number of nitrogens with one attached hydrogen (secondary N) is 1. The van der Waals surface area contributed by atoms with E-state index in [0.717, 1.165) is 4.90 Å². The van der Waals surface area contributed by atoms with Gasteiger partial charge >= 0.3 is 12.4 Å². The molecule has 3 amide bonds. The largest absolute Gasteiger partial charge is 0.482 e. The van der Waals surface area contributed by atoms with E-state index in [-0.39, 0.29) is 28.0 Å². The van der Waals surface area contributed by atoms with Gasteiger partial charge in [0.2, 0.25) is 0 Å². The molecule has 34 heavy (non-hydrogen) atoms. The first-order chi connectivity index (χ1) is 15.8. The number of imide groups is 1. The van der Waals surface area contributed by atoms with Gasteiger partial charge in [-0.3, -0.25) is 19.7 Å². The van der Waals surface area contributed by atoms with Gasteiger partial charge in [-0.25, -0.2) is 0 Å². The van der Waals surface area contributed by atoms with Crippen LogP contribution in [0.1, 0.15) is 22.3 Å². The van der Waals surface area contributed by atoms with E-state index in [1.54, 1.807) is 0 Å². The lowest BCUT2D eigenvalue weighted by atomic mass is 10.0. The average Bonchev–Trinajstić information content (AvgIpc) is 3.05. The second-order valence-electron chi connectivity index (χ2n) is 7.26. The highest BCUT2D eigenvalue weighted by molar-refractivity contribution is 8.18. The number of carbonyl (C=O) groups excluding carboxylic acids is 3. The molecule has 6 nitrogen and oxygen atoms in total. The van der Waals surface area contributed by atoms with Gasteiger partial charge in [0.05, 0.1) is 28.3 Å². The Labute approximate surface area is 191 Å². The Morgan fingerprint density at radius 1 is 0.971 bits per heavy atom. The lowest BCUT2D eigenvalue weighted by molar-refractivity contribution is -0.143. The quantitative estimate of drug-likeness (QED) is 0.474. The number of carbonyl (C=O) groups is 3. The molecule has 0 bridgehead atoms. The van der Waals surface area contributed by atoms with E-state index in [0.29, 0.717) is 29.5 Å². The summed E-state index contributed by atoms with van der Waals surface area (Å²) >= 11 is 0.654. The average molecular weight is 502 g/mol. The van der Waals surface area contributed by atoms with Crippen molar-refractivity contribution in [1.82, 2.24) is 5.32 Å². The minimum Gasteiger partial charge on any atom is -0.482 e. The highest BCUT2D eigenvalue weighted by Crippen LogP contribution is 2.39. The maximum absolute atomic E-state index is 13.2. The van der Waals surface area contributed by atoms with E-state index in [1.807, 2.05) is 0 Å². The molecule has 2 heterocycles. The Hall–Kier alpha value is -3.48. The first-order valence-electron chi connectivity index (χ1n) is 9.42. The summed E-state index contributed by atoms with van der Waals surface area (Å²) in [5.74, 6) is -1.14. The number of rotatable bonds is 3. The molecule has 1 saturated heterocycles. The SMILES string of the molecule is O=C1NC(=O)/C(=C/c2ccc3c(c2)N(Cc2cc(C(F)(F)F)cc(C(F)(F)F)c2)C(=O)CO3)S1.